The van der Waals surface area contributed by atoms with Gasteiger partial charge in [-0.3, -0.25) is 5.41 Å². The Morgan fingerprint density at radius 2 is 2.05 bits per heavy atom. The van der Waals surface area contributed by atoms with E-state index in [0.29, 0.717) is 18.1 Å². The molecule has 0 unspecified atom stereocenters. The van der Waals surface area contributed by atoms with Crippen LogP contribution in [0.5, 0.6) is 5.75 Å². The summed E-state index contributed by atoms with van der Waals surface area (Å²) in [7, 11) is 0. The third kappa shape index (κ3) is 3.38. The van der Waals surface area contributed by atoms with Crippen LogP contribution in [0.1, 0.15) is 31.2 Å². The summed E-state index contributed by atoms with van der Waals surface area (Å²) in [6.45, 7) is 5.60. The quantitative estimate of drug-likeness (QED) is 0.626. The maximum Gasteiger partial charge on any atom is 0.122 e. The second kappa shape index (κ2) is 6.23. The second-order valence-electron chi connectivity index (χ2n) is 4.92. The van der Waals surface area contributed by atoms with Gasteiger partial charge in [-0.15, -0.1) is 0 Å². The van der Waals surface area contributed by atoms with Crippen molar-refractivity contribution in [2.75, 3.05) is 6.61 Å². The number of hydrogen-bond donors (Lipinski definition) is 2. The van der Waals surface area contributed by atoms with Gasteiger partial charge < -0.3 is 15.0 Å². The molecule has 0 spiro atoms. The van der Waals surface area contributed by atoms with E-state index in [2.05, 4.69) is 23.4 Å². The van der Waals surface area contributed by atoms with Crippen molar-refractivity contribution in [2.24, 2.45) is 5.73 Å². The van der Waals surface area contributed by atoms with Gasteiger partial charge in [0.25, 0.3) is 0 Å². The number of aromatic nitrogens is 2. The second-order valence-corrected chi connectivity index (χ2v) is 4.92. The molecule has 1 aromatic carbocycles. The molecule has 0 saturated carbocycles. The van der Waals surface area contributed by atoms with Crippen molar-refractivity contribution in [1.82, 2.24) is 9.55 Å². The lowest BCUT2D eigenvalue weighted by Gasteiger charge is -2.11. The molecule has 0 radical (unpaired) electrons. The van der Waals surface area contributed by atoms with Crippen LogP contribution in [0.25, 0.3) is 0 Å². The lowest BCUT2D eigenvalue weighted by atomic mass is 10.2. The normalized spacial score (nSPS) is 10.8. The van der Waals surface area contributed by atoms with Crippen LogP contribution in [0.15, 0.2) is 36.7 Å². The summed E-state index contributed by atoms with van der Waals surface area (Å²) in [4.78, 5) is 4.34. The third-order valence-corrected chi connectivity index (χ3v) is 3.03. The summed E-state index contributed by atoms with van der Waals surface area (Å²) in [6.07, 6.45) is 3.79. The zero-order valence-corrected chi connectivity index (χ0v) is 11.8. The minimum atomic E-state index is 0.0662. The maximum atomic E-state index is 7.33. The monoisotopic (exact) mass is 272 g/mol. The molecule has 1 heterocycles. The molecule has 0 aliphatic rings. The molecular weight excluding hydrogens is 252 g/mol. The van der Waals surface area contributed by atoms with Crippen molar-refractivity contribution in [3.8, 4) is 5.75 Å². The van der Waals surface area contributed by atoms with Gasteiger partial charge in [-0.25, -0.2) is 4.98 Å². The molecule has 0 saturated heterocycles. The number of nitrogens with two attached hydrogens (primary N) is 1. The summed E-state index contributed by atoms with van der Waals surface area (Å²) in [5.41, 5.74) is 6.11. The molecule has 106 valence electrons. The molecule has 0 aliphatic heterocycles. The number of ether oxygens (including phenoxy) is 1. The van der Waals surface area contributed by atoms with Crippen LogP contribution in [0.2, 0.25) is 0 Å². The van der Waals surface area contributed by atoms with E-state index in [1.165, 1.54) is 0 Å². The fourth-order valence-corrected chi connectivity index (χ4v) is 2.00. The van der Waals surface area contributed by atoms with Crippen LogP contribution in [0, 0.1) is 5.41 Å². The minimum Gasteiger partial charge on any atom is -0.492 e. The largest absolute Gasteiger partial charge is 0.492 e. The first-order chi connectivity index (χ1) is 9.58. The van der Waals surface area contributed by atoms with Crippen molar-refractivity contribution in [1.29, 1.82) is 5.41 Å². The van der Waals surface area contributed by atoms with E-state index in [1.54, 1.807) is 12.1 Å². The van der Waals surface area contributed by atoms with E-state index in [9.17, 15) is 0 Å². The Labute approximate surface area is 118 Å². The van der Waals surface area contributed by atoms with Gasteiger partial charge in [0.05, 0.1) is 6.54 Å². The van der Waals surface area contributed by atoms with Gasteiger partial charge >= 0.3 is 0 Å². The average molecular weight is 272 g/mol. The van der Waals surface area contributed by atoms with Crippen LogP contribution < -0.4 is 10.5 Å². The minimum absolute atomic E-state index is 0.0662. The molecule has 0 atom stereocenters. The molecule has 1 aromatic heterocycles. The van der Waals surface area contributed by atoms with Crippen molar-refractivity contribution in [3.63, 3.8) is 0 Å². The van der Waals surface area contributed by atoms with Crippen LogP contribution in [0.3, 0.4) is 0 Å². The summed E-state index contributed by atoms with van der Waals surface area (Å²) in [5, 5.41) is 7.33. The molecule has 0 bridgehead atoms. The maximum absolute atomic E-state index is 7.33. The van der Waals surface area contributed by atoms with Gasteiger partial charge in [0.2, 0.25) is 0 Å². The van der Waals surface area contributed by atoms with Crippen molar-refractivity contribution < 1.29 is 4.74 Å². The van der Waals surface area contributed by atoms with E-state index in [-0.39, 0.29) is 5.84 Å². The highest BCUT2D eigenvalue weighted by Gasteiger charge is 2.06. The van der Waals surface area contributed by atoms with Gasteiger partial charge in [0.15, 0.2) is 0 Å². The molecule has 2 aromatic rings. The Morgan fingerprint density at radius 1 is 1.35 bits per heavy atom. The number of benzene rings is 1. The first-order valence-corrected chi connectivity index (χ1v) is 6.66. The SMILES string of the molecule is CC(C)c1nccn1CCOc1ccc(C(=N)N)cc1. The smallest absolute Gasteiger partial charge is 0.122 e. The van der Waals surface area contributed by atoms with Gasteiger partial charge in [-0.05, 0) is 24.3 Å². The van der Waals surface area contributed by atoms with Crippen LogP contribution in [-0.2, 0) is 6.54 Å². The Bertz CT molecular complexity index is 572. The Morgan fingerprint density at radius 3 is 2.65 bits per heavy atom. The van der Waals surface area contributed by atoms with E-state index in [0.717, 1.165) is 18.1 Å². The van der Waals surface area contributed by atoms with Crippen LogP contribution in [0.4, 0.5) is 0 Å². The third-order valence-electron chi connectivity index (χ3n) is 3.03. The first-order valence-electron chi connectivity index (χ1n) is 6.66. The van der Waals surface area contributed by atoms with Crippen molar-refractivity contribution >= 4 is 5.84 Å². The van der Waals surface area contributed by atoms with Gasteiger partial charge in [-0.2, -0.15) is 0 Å². The molecule has 0 fully saturated rings. The fraction of sp³-hybridized carbons (Fsp3) is 0.333. The van der Waals surface area contributed by atoms with Crippen molar-refractivity contribution in [3.05, 3.63) is 48.0 Å². The zero-order valence-electron chi connectivity index (χ0n) is 11.8. The summed E-state index contributed by atoms with van der Waals surface area (Å²) in [6, 6.07) is 7.23. The molecule has 2 rings (SSSR count). The van der Waals surface area contributed by atoms with E-state index >= 15 is 0 Å². The lowest BCUT2D eigenvalue weighted by Crippen LogP contribution is -2.12. The molecule has 0 aliphatic carbocycles. The number of hydrogen-bond acceptors (Lipinski definition) is 3. The summed E-state index contributed by atoms with van der Waals surface area (Å²) >= 11 is 0. The molecule has 5 nitrogen and oxygen atoms in total. The lowest BCUT2D eigenvalue weighted by molar-refractivity contribution is 0.295. The van der Waals surface area contributed by atoms with E-state index in [1.807, 2.05) is 24.5 Å². The van der Waals surface area contributed by atoms with Crippen LogP contribution >= 0.6 is 0 Å². The zero-order chi connectivity index (χ0) is 14.5. The molecule has 3 N–H and O–H groups in total. The highest BCUT2D eigenvalue weighted by molar-refractivity contribution is 5.94. The van der Waals surface area contributed by atoms with E-state index < -0.39 is 0 Å². The molecule has 20 heavy (non-hydrogen) atoms. The Balaban J connectivity index is 1.89. The number of amidine groups is 1. The number of imidazole rings is 1. The van der Waals surface area contributed by atoms with E-state index in [4.69, 9.17) is 15.9 Å². The molecule has 0 amide bonds. The van der Waals surface area contributed by atoms with Gasteiger partial charge in [0, 0.05) is 23.9 Å². The number of nitrogen functional groups attached to an aromatic ring is 1. The first kappa shape index (κ1) is 14.1. The number of nitrogens with one attached hydrogen (secondary N) is 1. The Hall–Kier alpha value is -2.30. The summed E-state index contributed by atoms with van der Waals surface area (Å²) < 4.78 is 7.79. The topological polar surface area (TPSA) is 76.9 Å². The molecule has 5 heteroatoms. The highest BCUT2D eigenvalue weighted by atomic mass is 16.5. The predicted molar refractivity (Wildman–Crippen MR) is 79.3 cm³/mol. The van der Waals surface area contributed by atoms with Crippen LogP contribution in [-0.4, -0.2) is 22.0 Å². The van der Waals surface area contributed by atoms with Crippen molar-refractivity contribution in [2.45, 2.75) is 26.3 Å². The predicted octanol–water partition coefficient (Wildman–Crippen LogP) is 2.37. The number of rotatable bonds is 6. The van der Waals surface area contributed by atoms with Gasteiger partial charge in [-0.1, -0.05) is 13.8 Å². The number of nitrogens with zero attached hydrogens (tertiary/aromatic N) is 2. The summed E-state index contributed by atoms with van der Waals surface area (Å²) in [5.74, 6) is 2.32. The average Bonchev–Trinajstić information content (AvgIpc) is 2.88. The Kier molecular flexibility index (Phi) is 4.40. The standard InChI is InChI=1S/C15H20N4O/c1-11(2)15-18-7-8-19(15)9-10-20-13-5-3-12(4-6-13)14(16)17/h3-8,11H,9-10H2,1-2H3,(H3,16,17). The highest BCUT2D eigenvalue weighted by Crippen LogP contribution is 2.14. The van der Waals surface area contributed by atoms with Gasteiger partial charge in [0.1, 0.15) is 24.0 Å². The molecular formula is C15H20N4O. The fourth-order valence-electron chi connectivity index (χ4n) is 2.00.